The van der Waals surface area contributed by atoms with Crippen LogP contribution in [0, 0.1) is 0 Å². The number of ether oxygens (including phenoxy) is 2. The SMILES string of the molecule is COC(=O)C(Cc1ccc(O)c2c1CCCC2)NC(=O)OC(C)(C)C. The van der Waals surface area contributed by atoms with Crippen LogP contribution in [0.3, 0.4) is 0 Å². The van der Waals surface area contributed by atoms with E-state index >= 15 is 0 Å². The van der Waals surface area contributed by atoms with Crippen molar-refractivity contribution in [3.8, 4) is 5.75 Å². The number of phenolic OH excluding ortho intramolecular Hbond substituents is 1. The number of hydrogen-bond acceptors (Lipinski definition) is 5. The van der Waals surface area contributed by atoms with Crippen molar-refractivity contribution >= 4 is 12.1 Å². The average Bonchev–Trinajstić information content (AvgIpc) is 2.54. The van der Waals surface area contributed by atoms with Crippen molar-refractivity contribution in [2.75, 3.05) is 7.11 Å². The summed E-state index contributed by atoms with van der Waals surface area (Å²) in [7, 11) is 1.29. The van der Waals surface area contributed by atoms with Crippen LogP contribution >= 0.6 is 0 Å². The Bertz CT molecular complexity index is 648. The zero-order valence-electron chi connectivity index (χ0n) is 15.3. The second-order valence-corrected chi connectivity index (χ2v) is 7.33. The maximum absolute atomic E-state index is 12.1. The minimum atomic E-state index is -0.838. The van der Waals surface area contributed by atoms with E-state index < -0.39 is 23.7 Å². The fourth-order valence-corrected chi connectivity index (χ4v) is 3.12. The van der Waals surface area contributed by atoms with Crippen molar-refractivity contribution in [2.45, 2.75) is 64.5 Å². The summed E-state index contributed by atoms with van der Waals surface area (Å²) >= 11 is 0. The lowest BCUT2D eigenvalue weighted by Gasteiger charge is -2.25. The van der Waals surface area contributed by atoms with E-state index in [2.05, 4.69) is 5.32 Å². The highest BCUT2D eigenvalue weighted by molar-refractivity contribution is 5.81. The number of aromatic hydroxyl groups is 1. The number of methoxy groups -OCH3 is 1. The number of esters is 1. The third kappa shape index (κ3) is 5.11. The van der Waals surface area contributed by atoms with E-state index in [0.717, 1.165) is 42.4 Å². The first-order chi connectivity index (χ1) is 11.7. The van der Waals surface area contributed by atoms with Crippen LogP contribution in [-0.2, 0) is 33.5 Å². The highest BCUT2D eigenvalue weighted by atomic mass is 16.6. The molecule has 1 unspecified atom stereocenters. The Hall–Kier alpha value is -2.24. The van der Waals surface area contributed by atoms with Crippen LogP contribution < -0.4 is 5.32 Å². The molecule has 0 saturated carbocycles. The van der Waals surface area contributed by atoms with Gasteiger partial charge in [0.25, 0.3) is 0 Å². The summed E-state index contributed by atoms with van der Waals surface area (Å²) in [5.74, 6) is -0.225. The van der Waals surface area contributed by atoms with E-state index in [-0.39, 0.29) is 0 Å². The molecule has 0 heterocycles. The molecule has 2 rings (SSSR count). The second kappa shape index (κ2) is 7.76. The Morgan fingerprint density at radius 1 is 1.20 bits per heavy atom. The number of amides is 1. The second-order valence-electron chi connectivity index (χ2n) is 7.33. The largest absolute Gasteiger partial charge is 0.508 e. The Balaban J connectivity index is 2.20. The van der Waals surface area contributed by atoms with Gasteiger partial charge < -0.3 is 19.9 Å². The standard InChI is InChI=1S/C19H27NO5/c1-19(2,3)25-18(23)20-15(17(22)24-4)11-12-9-10-16(21)14-8-6-5-7-13(12)14/h9-10,15,21H,5-8,11H2,1-4H3,(H,20,23). The Morgan fingerprint density at radius 3 is 2.44 bits per heavy atom. The molecule has 25 heavy (non-hydrogen) atoms. The van der Waals surface area contributed by atoms with Crippen LogP contribution in [0.4, 0.5) is 4.79 Å². The number of fused-ring (bicyclic) bond motifs is 1. The number of carbonyl (C=O) groups is 2. The van der Waals surface area contributed by atoms with Gasteiger partial charge in [-0.3, -0.25) is 0 Å². The van der Waals surface area contributed by atoms with Gasteiger partial charge in [-0.15, -0.1) is 0 Å². The van der Waals surface area contributed by atoms with Gasteiger partial charge in [-0.05, 0) is 69.2 Å². The molecule has 0 aliphatic heterocycles. The third-order valence-corrected chi connectivity index (χ3v) is 4.21. The molecule has 1 atom stereocenters. The van der Waals surface area contributed by atoms with Crippen molar-refractivity contribution < 1.29 is 24.2 Å². The van der Waals surface area contributed by atoms with Crippen LogP contribution in [0.2, 0.25) is 0 Å². The molecule has 1 aliphatic rings. The van der Waals surface area contributed by atoms with E-state index in [1.807, 2.05) is 6.07 Å². The molecule has 1 amide bonds. The highest BCUT2D eigenvalue weighted by Crippen LogP contribution is 2.32. The predicted octanol–water partition coefficient (Wildman–Crippen LogP) is 2.88. The van der Waals surface area contributed by atoms with Gasteiger partial charge >= 0.3 is 12.1 Å². The van der Waals surface area contributed by atoms with Gasteiger partial charge in [-0.25, -0.2) is 9.59 Å². The maximum atomic E-state index is 12.1. The van der Waals surface area contributed by atoms with Crippen molar-refractivity contribution in [2.24, 2.45) is 0 Å². The summed E-state index contributed by atoms with van der Waals surface area (Å²) in [5, 5.41) is 12.7. The molecule has 0 fully saturated rings. The Kier molecular flexibility index (Phi) is 5.93. The quantitative estimate of drug-likeness (QED) is 0.817. The van der Waals surface area contributed by atoms with Crippen LogP contribution in [-0.4, -0.2) is 35.9 Å². The number of benzene rings is 1. The molecule has 1 aromatic rings. The molecule has 6 heteroatoms. The zero-order chi connectivity index (χ0) is 18.6. The van der Waals surface area contributed by atoms with Crippen LogP contribution in [0.15, 0.2) is 12.1 Å². The number of nitrogens with one attached hydrogen (secondary N) is 1. The molecule has 138 valence electrons. The lowest BCUT2D eigenvalue weighted by molar-refractivity contribution is -0.143. The smallest absolute Gasteiger partial charge is 0.408 e. The molecule has 1 aromatic carbocycles. The Labute approximate surface area is 148 Å². The van der Waals surface area contributed by atoms with Crippen molar-refractivity contribution in [3.05, 3.63) is 28.8 Å². The van der Waals surface area contributed by atoms with Crippen molar-refractivity contribution in [3.63, 3.8) is 0 Å². The molecule has 0 radical (unpaired) electrons. The van der Waals surface area contributed by atoms with Gasteiger partial charge in [0.05, 0.1) is 7.11 Å². The van der Waals surface area contributed by atoms with E-state index in [4.69, 9.17) is 9.47 Å². The van der Waals surface area contributed by atoms with Gasteiger partial charge in [0.15, 0.2) is 0 Å². The van der Waals surface area contributed by atoms with E-state index in [1.54, 1.807) is 26.8 Å². The van der Waals surface area contributed by atoms with Crippen LogP contribution in [0.25, 0.3) is 0 Å². The first-order valence-electron chi connectivity index (χ1n) is 8.61. The number of carbonyl (C=O) groups excluding carboxylic acids is 2. The van der Waals surface area contributed by atoms with Gasteiger partial charge in [0.1, 0.15) is 17.4 Å². The van der Waals surface area contributed by atoms with Gasteiger partial charge in [-0.1, -0.05) is 6.07 Å². The fourth-order valence-electron chi connectivity index (χ4n) is 3.12. The minimum Gasteiger partial charge on any atom is -0.508 e. The molecular weight excluding hydrogens is 322 g/mol. The zero-order valence-corrected chi connectivity index (χ0v) is 15.3. The lowest BCUT2D eigenvalue weighted by atomic mass is 9.85. The minimum absolute atomic E-state index is 0.299. The number of phenols is 1. The molecule has 6 nitrogen and oxygen atoms in total. The molecule has 0 bridgehead atoms. The molecule has 0 aromatic heterocycles. The van der Waals surface area contributed by atoms with E-state index in [0.29, 0.717) is 12.2 Å². The van der Waals surface area contributed by atoms with Gasteiger partial charge in [-0.2, -0.15) is 0 Å². The maximum Gasteiger partial charge on any atom is 0.408 e. The Morgan fingerprint density at radius 2 is 1.84 bits per heavy atom. The van der Waals surface area contributed by atoms with Crippen molar-refractivity contribution in [1.29, 1.82) is 0 Å². The van der Waals surface area contributed by atoms with Crippen molar-refractivity contribution in [1.82, 2.24) is 5.32 Å². The number of hydrogen-bond donors (Lipinski definition) is 2. The third-order valence-electron chi connectivity index (χ3n) is 4.21. The summed E-state index contributed by atoms with van der Waals surface area (Å²) in [6.45, 7) is 5.28. The predicted molar refractivity (Wildman–Crippen MR) is 93.6 cm³/mol. The summed E-state index contributed by atoms with van der Waals surface area (Å²) in [6.07, 6.45) is 3.42. The summed E-state index contributed by atoms with van der Waals surface area (Å²) in [6, 6.07) is 2.63. The average molecular weight is 349 g/mol. The van der Waals surface area contributed by atoms with Crippen LogP contribution in [0.5, 0.6) is 5.75 Å². The summed E-state index contributed by atoms with van der Waals surface area (Å²) < 4.78 is 10.1. The highest BCUT2D eigenvalue weighted by Gasteiger charge is 2.27. The monoisotopic (exact) mass is 349 g/mol. The fraction of sp³-hybridized carbons (Fsp3) is 0.579. The summed E-state index contributed by atoms with van der Waals surface area (Å²) in [5.41, 5.74) is 2.32. The molecule has 2 N–H and O–H groups in total. The van der Waals surface area contributed by atoms with Crippen LogP contribution in [0.1, 0.15) is 50.3 Å². The molecular formula is C19H27NO5. The molecule has 0 saturated heterocycles. The van der Waals surface area contributed by atoms with E-state index in [1.165, 1.54) is 7.11 Å². The van der Waals surface area contributed by atoms with E-state index in [9.17, 15) is 14.7 Å². The van der Waals surface area contributed by atoms with Gasteiger partial charge in [0, 0.05) is 6.42 Å². The normalized spacial score (nSPS) is 15.0. The number of rotatable bonds is 4. The van der Waals surface area contributed by atoms with Gasteiger partial charge in [0.2, 0.25) is 0 Å². The summed E-state index contributed by atoms with van der Waals surface area (Å²) in [4.78, 5) is 24.2. The molecule has 1 aliphatic carbocycles. The first-order valence-corrected chi connectivity index (χ1v) is 8.61. The molecule has 0 spiro atoms. The first kappa shape index (κ1) is 19.1. The topological polar surface area (TPSA) is 84.9 Å². The number of alkyl carbamates (subject to hydrolysis) is 1. The lowest BCUT2D eigenvalue weighted by Crippen LogP contribution is -2.45.